The Morgan fingerprint density at radius 1 is 1.37 bits per heavy atom. The van der Waals surface area contributed by atoms with Crippen LogP contribution in [-0.2, 0) is 14.8 Å². The molecule has 3 rings (SSSR count). The number of ether oxygens (including phenoxy) is 1. The molecule has 106 valence electrons. The van der Waals surface area contributed by atoms with Crippen LogP contribution in [0.25, 0.3) is 0 Å². The second kappa shape index (κ2) is 4.57. The fourth-order valence-corrected chi connectivity index (χ4v) is 5.23. The quantitative estimate of drug-likeness (QED) is 0.878. The zero-order valence-corrected chi connectivity index (χ0v) is 12.0. The molecule has 1 aliphatic carbocycles. The van der Waals surface area contributed by atoms with Gasteiger partial charge in [0.2, 0.25) is 10.0 Å². The molecule has 7 heteroatoms. The Labute approximate surface area is 113 Å². The number of sulfonamides is 1. The smallest absolute Gasteiger partial charge is 0.247 e. The molecule has 0 aromatic carbocycles. The second-order valence-electron chi connectivity index (χ2n) is 5.29. The Kier molecular flexibility index (Phi) is 3.15. The molecule has 0 bridgehead atoms. The molecule has 2 fully saturated rings. The van der Waals surface area contributed by atoms with Gasteiger partial charge in [0.15, 0.2) is 0 Å². The molecule has 1 aliphatic heterocycles. The van der Waals surface area contributed by atoms with Gasteiger partial charge in [0.1, 0.15) is 4.90 Å². The van der Waals surface area contributed by atoms with Crippen molar-refractivity contribution in [3.05, 3.63) is 11.4 Å². The number of fused-ring (bicyclic) bond motifs is 1. The van der Waals surface area contributed by atoms with Crippen molar-refractivity contribution < 1.29 is 13.2 Å². The fourth-order valence-electron chi connectivity index (χ4n) is 3.23. The average Bonchev–Trinajstić information content (AvgIpc) is 2.95. The first-order chi connectivity index (χ1) is 9.01. The van der Waals surface area contributed by atoms with E-state index in [0.717, 1.165) is 19.3 Å². The number of aromatic amines is 1. The van der Waals surface area contributed by atoms with Crippen LogP contribution in [0.15, 0.2) is 4.90 Å². The van der Waals surface area contributed by atoms with E-state index in [1.165, 1.54) is 0 Å². The van der Waals surface area contributed by atoms with Crippen LogP contribution in [0.3, 0.4) is 0 Å². The Hall–Kier alpha value is -0.920. The summed E-state index contributed by atoms with van der Waals surface area (Å²) in [5.74, 6) is 0. The first-order valence-electron chi connectivity index (χ1n) is 6.67. The van der Waals surface area contributed by atoms with E-state index in [1.807, 2.05) is 0 Å². The van der Waals surface area contributed by atoms with Crippen LogP contribution in [0, 0.1) is 13.8 Å². The van der Waals surface area contributed by atoms with Crippen molar-refractivity contribution in [2.45, 2.75) is 50.2 Å². The molecular formula is C12H19N3O3S. The minimum atomic E-state index is -3.47. The zero-order valence-electron chi connectivity index (χ0n) is 11.2. The summed E-state index contributed by atoms with van der Waals surface area (Å²) in [5.41, 5.74) is 1.15. The largest absolute Gasteiger partial charge is 0.375 e. The normalized spacial score (nSPS) is 28.5. The van der Waals surface area contributed by atoms with Gasteiger partial charge >= 0.3 is 0 Å². The van der Waals surface area contributed by atoms with Crippen LogP contribution in [0.5, 0.6) is 0 Å². The van der Waals surface area contributed by atoms with Gasteiger partial charge in [0.25, 0.3) is 0 Å². The molecule has 0 radical (unpaired) electrons. The van der Waals surface area contributed by atoms with Crippen molar-refractivity contribution in [1.82, 2.24) is 14.5 Å². The number of rotatable bonds is 2. The van der Waals surface area contributed by atoms with Gasteiger partial charge in [-0.25, -0.2) is 8.42 Å². The first kappa shape index (κ1) is 13.1. The molecular weight excluding hydrogens is 266 g/mol. The van der Waals surface area contributed by atoms with Crippen molar-refractivity contribution in [2.75, 3.05) is 13.2 Å². The van der Waals surface area contributed by atoms with Gasteiger partial charge in [-0.15, -0.1) is 0 Å². The van der Waals surface area contributed by atoms with E-state index in [9.17, 15) is 8.42 Å². The van der Waals surface area contributed by atoms with Crippen molar-refractivity contribution in [2.24, 2.45) is 0 Å². The molecule has 1 saturated heterocycles. The van der Waals surface area contributed by atoms with Gasteiger partial charge in [-0.2, -0.15) is 9.40 Å². The lowest BCUT2D eigenvalue weighted by molar-refractivity contribution is -0.0242. The summed E-state index contributed by atoms with van der Waals surface area (Å²) in [5, 5.41) is 6.76. The summed E-state index contributed by atoms with van der Waals surface area (Å²) in [6.07, 6.45) is 2.95. The SMILES string of the molecule is Cc1n[nH]c(C)c1S(=O)(=O)N1CCOC2CCCC21. The van der Waals surface area contributed by atoms with Crippen LogP contribution < -0.4 is 0 Å². The maximum atomic E-state index is 12.8. The standard InChI is InChI=1S/C12H19N3O3S/c1-8-12(9(2)14-13-8)19(16,17)15-6-7-18-11-5-3-4-10(11)15/h10-11H,3-7H2,1-2H3,(H,13,14). The third kappa shape index (κ3) is 2.00. The lowest BCUT2D eigenvalue weighted by atomic mass is 10.2. The van der Waals surface area contributed by atoms with E-state index in [0.29, 0.717) is 29.4 Å². The fraction of sp³-hybridized carbons (Fsp3) is 0.750. The molecule has 0 amide bonds. The topological polar surface area (TPSA) is 75.3 Å². The van der Waals surface area contributed by atoms with Crippen molar-refractivity contribution in [1.29, 1.82) is 0 Å². The second-order valence-corrected chi connectivity index (χ2v) is 7.11. The van der Waals surface area contributed by atoms with E-state index in [2.05, 4.69) is 10.2 Å². The minimum absolute atomic E-state index is 0.00699. The molecule has 1 N–H and O–H groups in total. The molecule has 2 atom stereocenters. The highest BCUT2D eigenvalue weighted by Crippen LogP contribution is 2.34. The Morgan fingerprint density at radius 2 is 2.16 bits per heavy atom. The zero-order chi connectivity index (χ0) is 13.6. The number of aryl methyl sites for hydroxylation is 2. The highest BCUT2D eigenvalue weighted by molar-refractivity contribution is 7.89. The average molecular weight is 285 g/mol. The lowest BCUT2D eigenvalue weighted by Crippen LogP contribution is -2.51. The monoisotopic (exact) mass is 285 g/mol. The Morgan fingerprint density at radius 3 is 2.84 bits per heavy atom. The number of aromatic nitrogens is 2. The van der Waals surface area contributed by atoms with E-state index in [4.69, 9.17) is 4.74 Å². The number of nitrogens with one attached hydrogen (secondary N) is 1. The van der Waals surface area contributed by atoms with Gasteiger partial charge in [0.05, 0.1) is 30.1 Å². The van der Waals surface area contributed by atoms with E-state index in [-0.39, 0.29) is 12.1 Å². The predicted octanol–water partition coefficient (Wildman–Crippen LogP) is 0.969. The number of hydrogen-bond donors (Lipinski definition) is 1. The highest BCUT2D eigenvalue weighted by Gasteiger charge is 2.43. The predicted molar refractivity (Wildman–Crippen MR) is 69.3 cm³/mol. The molecule has 1 aromatic heterocycles. The number of morpholine rings is 1. The molecule has 2 heterocycles. The van der Waals surface area contributed by atoms with Gasteiger partial charge in [0, 0.05) is 6.54 Å². The molecule has 6 nitrogen and oxygen atoms in total. The van der Waals surface area contributed by atoms with E-state index < -0.39 is 10.0 Å². The van der Waals surface area contributed by atoms with Crippen LogP contribution in [0.1, 0.15) is 30.7 Å². The Bertz CT molecular complexity index is 562. The summed E-state index contributed by atoms with van der Waals surface area (Å²) >= 11 is 0. The van der Waals surface area contributed by atoms with Crippen LogP contribution in [-0.4, -0.2) is 48.2 Å². The number of hydrogen-bond acceptors (Lipinski definition) is 4. The maximum Gasteiger partial charge on any atom is 0.247 e. The third-order valence-corrected chi connectivity index (χ3v) is 6.25. The van der Waals surface area contributed by atoms with Gasteiger partial charge in [-0.05, 0) is 33.1 Å². The minimum Gasteiger partial charge on any atom is -0.375 e. The lowest BCUT2D eigenvalue weighted by Gasteiger charge is -2.36. The molecule has 1 aromatic rings. The highest BCUT2D eigenvalue weighted by atomic mass is 32.2. The third-order valence-electron chi connectivity index (χ3n) is 4.06. The van der Waals surface area contributed by atoms with E-state index in [1.54, 1.807) is 18.2 Å². The first-order valence-corrected chi connectivity index (χ1v) is 8.11. The van der Waals surface area contributed by atoms with Gasteiger partial charge in [-0.1, -0.05) is 0 Å². The van der Waals surface area contributed by atoms with Crippen molar-refractivity contribution in [3.8, 4) is 0 Å². The summed E-state index contributed by atoms with van der Waals surface area (Å²) in [7, 11) is -3.47. The van der Waals surface area contributed by atoms with Crippen molar-refractivity contribution in [3.63, 3.8) is 0 Å². The van der Waals surface area contributed by atoms with Gasteiger partial charge in [-0.3, -0.25) is 5.10 Å². The van der Waals surface area contributed by atoms with Crippen molar-refractivity contribution >= 4 is 10.0 Å². The number of H-pyrrole nitrogens is 1. The van der Waals surface area contributed by atoms with Crippen LogP contribution in [0.2, 0.25) is 0 Å². The van der Waals surface area contributed by atoms with E-state index >= 15 is 0 Å². The molecule has 1 saturated carbocycles. The molecule has 19 heavy (non-hydrogen) atoms. The number of nitrogens with zero attached hydrogens (tertiary/aromatic N) is 2. The molecule has 2 aliphatic rings. The summed E-state index contributed by atoms with van der Waals surface area (Å²) in [6.45, 7) is 4.40. The molecule has 2 unspecified atom stereocenters. The van der Waals surface area contributed by atoms with Crippen LogP contribution in [0.4, 0.5) is 0 Å². The van der Waals surface area contributed by atoms with Gasteiger partial charge < -0.3 is 4.74 Å². The summed E-state index contributed by atoms with van der Waals surface area (Å²) < 4.78 is 33.0. The summed E-state index contributed by atoms with van der Waals surface area (Å²) in [4.78, 5) is 0.333. The maximum absolute atomic E-state index is 12.8. The Balaban J connectivity index is 2.00. The van der Waals surface area contributed by atoms with Crippen LogP contribution >= 0.6 is 0 Å². The molecule has 0 spiro atoms. The summed E-state index contributed by atoms with van der Waals surface area (Å²) in [6, 6.07) is -0.00699.